The Labute approximate surface area is 128 Å². The first-order valence-corrected chi connectivity index (χ1v) is 7.00. The molecule has 0 atom stereocenters. The normalized spacial score (nSPS) is 10.3. The Morgan fingerprint density at radius 2 is 2.00 bits per heavy atom. The average molecular weight is 307 g/mol. The van der Waals surface area contributed by atoms with Crippen LogP contribution < -0.4 is 10.6 Å². The van der Waals surface area contributed by atoms with Crippen LogP contribution in [0, 0.1) is 12.7 Å². The number of nitrogens with one attached hydrogen (secondary N) is 2. The maximum absolute atomic E-state index is 13.1. The van der Waals surface area contributed by atoms with Gasteiger partial charge in [-0.25, -0.2) is 4.39 Å². The molecule has 0 saturated heterocycles. The predicted octanol–water partition coefficient (Wildman–Crippen LogP) is 4.47. The molecule has 0 heterocycles. The van der Waals surface area contributed by atoms with E-state index < -0.39 is 5.82 Å². The second kappa shape index (κ2) is 6.59. The van der Waals surface area contributed by atoms with E-state index in [1.807, 2.05) is 26.0 Å². The molecule has 0 saturated carbocycles. The minimum atomic E-state index is -0.515. The van der Waals surface area contributed by atoms with Gasteiger partial charge in [-0.3, -0.25) is 4.79 Å². The molecule has 0 bridgehead atoms. The van der Waals surface area contributed by atoms with Crippen molar-refractivity contribution in [3.63, 3.8) is 0 Å². The van der Waals surface area contributed by atoms with E-state index in [1.165, 1.54) is 18.2 Å². The van der Waals surface area contributed by atoms with Gasteiger partial charge in [0.15, 0.2) is 0 Å². The van der Waals surface area contributed by atoms with Crippen LogP contribution in [0.2, 0.25) is 5.02 Å². The zero-order chi connectivity index (χ0) is 15.4. The molecule has 5 heteroatoms. The van der Waals surface area contributed by atoms with Gasteiger partial charge in [0.25, 0.3) is 5.91 Å². The van der Waals surface area contributed by atoms with E-state index in [0.717, 1.165) is 11.3 Å². The number of aryl methyl sites for hydroxylation is 1. The molecule has 0 unspecified atom stereocenters. The van der Waals surface area contributed by atoms with Gasteiger partial charge in [-0.1, -0.05) is 17.7 Å². The minimum absolute atomic E-state index is 0.0244. The van der Waals surface area contributed by atoms with Crippen LogP contribution in [0.25, 0.3) is 0 Å². The molecule has 0 fully saturated rings. The van der Waals surface area contributed by atoms with Crippen LogP contribution in [0.5, 0.6) is 0 Å². The molecule has 0 spiro atoms. The fourth-order valence-corrected chi connectivity index (χ4v) is 2.15. The maximum Gasteiger partial charge on any atom is 0.257 e. The molecule has 0 radical (unpaired) electrons. The molecule has 2 aromatic rings. The number of amides is 1. The number of hydrogen-bond acceptors (Lipinski definition) is 2. The minimum Gasteiger partial charge on any atom is -0.385 e. The Morgan fingerprint density at radius 3 is 2.67 bits per heavy atom. The van der Waals surface area contributed by atoms with Crippen molar-refractivity contribution in [1.82, 2.24) is 0 Å². The summed E-state index contributed by atoms with van der Waals surface area (Å²) in [4.78, 5) is 12.3. The van der Waals surface area contributed by atoms with Gasteiger partial charge in [0, 0.05) is 17.9 Å². The second-order valence-electron chi connectivity index (χ2n) is 4.66. The largest absolute Gasteiger partial charge is 0.385 e. The van der Waals surface area contributed by atoms with Gasteiger partial charge in [-0.2, -0.15) is 0 Å². The van der Waals surface area contributed by atoms with Crippen molar-refractivity contribution in [2.24, 2.45) is 0 Å². The van der Waals surface area contributed by atoms with Crippen LogP contribution in [-0.2, 0) is 0 Å². The molecular formula is C16H16ClFN2O. The molecule has 0 aromatic heterocycles. The quantitative estimate of drug-likeness (QED) is 0.875. The third kappa shape index (κ3) is 3.73. The zero-order valence-corrected chi connectivity index (χ0v) is 12.6. The van der Waals surface area contributed by atoms with E-state index in [9.17, 15) is 9.18 Å². The molecule has 0 aliphatic heterocycles. The average Bonchev–Trinajstić information content (AvgIpc) is 2.43. The van der Waals surface area contributed by atoms with Crippen LogP contribution in [-0.4, -0.2) is 12.5 Å². The van der Waals surface area contributed by atoms with Gasteiger partial charge in [0.05, 0.1) is 10.6 Å². The van der Waals surface area contributed by atoms with Gasteiger partial charge in [-0.05, 0) is 49.7 Å². The second-order valence-corrected chi connectivity index (χ2v) is 5.07. The summed E-state index contributed by atoms with van der Waals surface area (Å²) < 4.78 is 13.1. The number of anilines is 2. The highest BCUT2D eigenvalue weighted by atomic mass is 35.5. The molecule has 2 N–H and O–H groups in total. The van der Waals surface area contributed by atoms with E-state index >= 15 is 0 Å². The van der Waals surface area contributed by atoms with Crippen molar-refractivity contribution in [3.05, 3.63) is 58.4 Å². The number of rotatable bonds is 4. The number of carbonyl (C=O) groups is 1. The van der Waals surface area contributed by atoms with E-state index in [0.29, 0.717) is 17.8 Å². The van der Waals surface area contributed by atoms with Crippen LogP contribution in [0.4, 0.5) is 15.8 Å². The SMILES string of the molecule is CCNc1cc(C)ccc1C(=O)Nc1ccc(F)c(Cl)c1. The Morgan fingerprint density at radius 1 is 1.24 bits per heavy atom. The number of benzene rings is 2. The summed E-state index contributed by atoms with van der Waals surface area (Å²) in [7, 11) is 0. The fourth-order valence-electron chi connectivity index (χ4n) is 1.97. The number of halogens is 2. The third-order valence-electron chi connectivity index (χ3n) is 2.96. The van der Waals surface area contributed by atoms with Crippen molar-refractivity contribution in [3.8, 4) is 0 Å². The van der Waals surface area contributed by atoms with Gasteiger partial charge in [0.2, 0.25) is 0 Å². The first-order valence-electron chi connectivity index (χ1n) is 6.62. The van der Waals surface area contributed by atoms with E-state index in [4.69, 9.17) is 11.6 Å². The van der Waals surface area contributed by atoms with Gasteiger partial charge in [0.1, 0.15) is 5.82 Å². The van der Waals surface area contributed by atoms with Crippen molar-refractivity contribution in [1.29, 1.82) is 0 Å². The summed E-state index contributed by atoms with van der Waals surface area (Å²) in [6.45, 7) is 4.64. The molecule has 21 heavy (non-hydrogen) atoms. The summed E-state index contributed by atoms with van der Waals surface area (Å²) in [6, 6.07) is 9.62. The lowest BCUT2D eigenvalue weighted by atomic mass is 10.1. The van der Waals surface area contributed by atoms with Crippen molar-refractivity contribution in [2.75, 3.05) is 17.2 Å². The molecule has 3 nitrogen and oxygen atoms in total. The Kier molecular flexibility index (Phi) is 4.81. The van der Waals surface area contributed by atoms with Gasteiger partial charge < -0.3 is 10.6 Å². The predicted molar refractivity (Wildman–Crippen MR) is 84.7 cm³/mol. The summed E-state index contributed by atoms with van der Waals surface area (Å²) in [6.07, 6.45) is 0. The van der Waals surface area contributed by atoms with E-state index in [2.05, 4.69) is 10.6 Å². The Hall–Kier alpha value is -2.07. The zero-order valence-electron chi connectivity index (χ0n) is 11.8. The standard InChI is InChI=1S/C16H16ClFN2O/c1-3-19-15-8-10(2)4-6-12(15)16(21)20-11-5-7-14(18)13(17)9-11/h4-9,19H,3H2,1-2H3,(H,20,21). The Balaban J connectivity index is 2.25. The van der Waals surface area contributed by atoms with Crippen LogP contribution in [0.15, 0.2) is 36.4 Å². The third-order valence-corrected chi connectivity index (χ3v) is 3.25. The molecule has 0 aliphatic carbocycles. The summed E-state index contributed by atoms with van der Waals surface area (Å²) in [5, 5.41) is 5.85. The number of hydrogen-bond donors (Lipinski definition) is 2. The summed E-state index contributed by atoms with van der Waals surface area (Å²) >= 11 is 5.71. The van der Waals surface area contributed by atoms with Crippen LogP contribution in [0.3, 0.4) is 0 Å². The van der Waals surface area contributed by atoms with Crippen molar-refractivity contribution >= 4 is 28.9 Å². The van der Waals surface area contributed by atoms with Gasteiger partial charge >= 0.3 is 0 Å². The first kappa shape index (κ1) is 15.3. The fraction of sp³-hybridized carbons (Fsp3) is 0.188. The topological polar surface area (TPSA) is 41.1 Å². The van der Waals surface area contributed by atoms with Gasteiger partial charge in [-0.15, -0.1) is 0 Å². The highest BCUT2D eigenvalue weighted by Gasteiger charge is 2.12. The lowest BCUT2D eigenvalue weighted by Gasteiger charge is -2.12. The lowest BCUT2D eigenvalue weighted by molar-refractivity contribution is 0.102. The molecular weight excluding hydrogens is 291 g/mol. The van der Waals surface area contributed by atoms with Crippen LogP contribution >= 0.6 is 11.6 Å². The smallest absolute Gasteiger partial charge is 0.257 e. The molecule has 1 amide bonds. The van der Waals surface area contributed by atoms with Crippen molar-refractivity contribution < 1.29 is 9.18 Å². The molecule has 110 valence electrons. The van der Waals surface area contributed by atoms with Crippen LogP contribution in [0.1, 0.15) is 22.8 Å². The molecule has 2 aromatic carbocycles. The maximum atomic E-state index is 13.1. The lowest BCUT2D eigenvalue weighted by Crippen LogP contribution is -2.15. The van der Waals surface area contributed by atoms with E-state index in [1.54, 1.807) is 6.07 Å². The molecule has 2 rings (SSSR count). The highest BCUT2D eigenvalue weighted by Crippen LogP contribution is 2.22. The summed E-state index contributed by atoms with van der Waals surface area (Å²) in [5.41, 5.74) is 2.81. The monoisotopic (exact) mass is 306 g/mol. The first-order chi connectivity index (χ1) is 10.0. The molecule has 0 aliphatic rings. The van der Waals surface area contributed by atoms with E-state index in [-0.39, 0.29) is 10.9 Å². The highest BCUT2D eigenvalue weighted by molar-refractivity contribution is 6.31. The summed E-state index contributed by atoms with van der Waals surface area (Å²) in [5.74, 6) is -0.785. The Bertz CT molecular complexity index is 673. The number of carbonyl (C=O) groups excluding carboxylic acids is 1. The van der Waals surface area contributed by atoms with Crippen molar-refractivity contribution in [2.45, 2.75) is 13.8 Å².